The molecule has 2 aromatic carbocycles. The van der Waals surface area contributed by atoms with Crippen molar-refractivity contribution in [1.82, 2.24) is 20.1 Å². The molecule has 2 heterocycles. The number of aromatic nitrogens is 3. The largest absolute Gasteiger partial charge is 0.433 e. The Balaban J connectivity index is 1.57. The van der Waals surface area contributed by atoms with Gasteiger partial charge in [-0.25, -0.2) is 4.98 Å². The van der Waals surface area contributed by atoms with Crippen LogP contribution in [0.5, 0.6) is 0 Å². The highest BCUT2D eigenvalue weighted by Crippen LogP contribution is 2.32. The molecule has 0 radical (unpaired) electrons. The molecular weight excluding hydrogens is 579 g/mol. The van der Waals surface area contributed by atoms with Gasteiger partial charge in [0, 0.05) is 28.6 Å². The second kappa shape index (κ2) is 11.5. The molecule has 2 amide bonds. The van der Waals surface area contributed by atoms with Gasteiger partial charge in [0.25, 0.3) is 11.8 Å². The van der Waals surface area contributed by atoms with E-state index in [2.05, 4.69) is 36.6 Å². The van der Waals surface area contributed by atoms with Crippen LogP contribution in [0.15, 0.2) is 53.0 Å². The zero-order valence-electron chi connectivity index (χ0n) is 21.1. The van der Waals surface area contributed by atoms with Crippen LogP contribution in [0.2, 0.25) is 0 Å². The van der Waals surface area contributed by atoms with Crippen LogP contribution in [0.4, 0.5) is 18.9 Å². The van der Waals surface area contributed by atoms with Crippen LogP contribution in [0, 0.1) is 13.8 Å². The highest BCUT2D eigenvalue weighted by Gasteiger charge is 2.34. The summed E-state index contributed by atoms with van der Waals surface area (Å²) < 4.78 is 42.8. The van der Waals surface area contributed by atoms with Crippen LogP contribution in [0.1, 0.15) is 49.8 Å². The average Bonchev–Trinajstić information content (AvgIpc) is 3.15. The van der Waals surface area contributed by atoms with Crippen molar-refractivity contribution in [1.29, 1.82) is 0 Å². The number of carbonyl (C=O) groups excluding carboxylic acids is 2. The number of fused-ring (bicyclic) bond motifs is 1. The monoisotopic (exact) mass is 603 g/mol. The number of benzene rings is 2. The second-order valence-electron chi connectivity index (χ2n) is 8.90. The summed E-state index contributed by atoms with van der Waals surface area (Å²) in [6.07, 6.45) is -4.25. The normalized spacial score (nSPS) is 11.6. The zero-order chi connectivity index (χ0) is 28.3. The standard InChI is InChI=1S/C27H25BrF3N5O3/c1-15-24(16(2)36(35-15)14-17-4-6-18(7-5-17)25(38)32-10-3-11-37)34-26(39)21-13-23(27(29,30)31)33-22-9-8-19(28)12-20(21)22/h4-9,12-13,37H,3,10-11,14H2,1-2H3,(H,32,38)(H,34,39). The van der Waals surface area contributed by atoms with Gasteiger partial charge in [-0.05, 0) is 62.2 Å². The number of nitrogens with one attached hydrogen (secondary N) is 2. The number of carbonyl (C=O) groups is 2. The number of amides is 2. The molecule has 0 spiro atoms. The molecule has 0 saturated heterocycles. The number of halogens is 4. The molecule has 0 unspecified atom stereocenters. The van der Waals surface area contributed by atoms with E-state index in [1.54, 1.807) is 54.9 Å². The molecule has 4 aromatic rings. The molecule has 4 rings (SSSR count). The lowest BCUT2D eigenvalue weighted by Crippen LogP contribution is -2.24. The maximum atomic E-state index is 13.5. The maximum absolute atomic E-state index is 13.5. The fraction of sp³-hybridized carbons (Fsp3) is 0.259. The number of aliphatic hydroxyl groups excluding tert-OH is 1. The first-order valence-corrected chi connectivity index (χ1v) is 12.8. The Morgan fingerprint density at radius 2 is 1.77 bits per heavy atom. The van der Waals surface area contributed by atoms with Gasteiger partial charge < -0.3 is 15.7 Å². The molecule has 0 atom stereocenters. The first kappa shape index (κ1) is 28.2. The molecule has 12 heteroatoms. The summed E-state index contributed by atoms with van der Waals surface area (Å²) in [6.45, 7) is 4.16. The van der Waals surface area contributed by atoms with E-state index in [1.807, 2.05) is 0 Å². The number of rotatable bonds is 8. The summed E-state index contributed by atoms with van der Waals surface area (Å²) >= 11 is 3.30. The van der Waals surface area contributed by atoms with E-state index in [1.165, 1.54) is 6.07 Å². The molecule has 8 nitrogen and oxygen atoms in total. The van der Waals surface area contributed by atoms with Crippen LogP contribution in [-0.2, 0) is 12.7 Å². The predicted octanol–water partition coefficient (Wildman–Crippen LogP) is 5.24. The molecule has 0 fully saturated rings. The molecule has 0 saturated carbocycles. The molecule has 3 N–H and O–H groups in total. The van der Waals surface area contributed by atoms with E-state index in [9.17, 15) is 22.8 Å². The van der Waals surface area contributed by atoms with Crippen molar-refractivity contribution in [2.75, 3.05) is 18.5 Å². The number of aliphatic hydroxyl groups is 1. The number of alkyl halides is 3. The number of hydrogen-bond donors (Lipinski definition) is 3. The van der Waals surface area contributed by atoms with E-state index >= 15 is 0 Å². The van der Waals surface area contributed by atoms with Crippen LogP contribution < -0.4 is 10.6 Å². The third kappa shape index (κ3) is 6.45. The third-order valence-corrected chi connectivity index (χ3v) is 6.59. The van der Waals surface area contributed by atoms with Gasteiger partial charge in [0.1, 0.15) is 5.69 Å². The predicted molar refractivity (Wildman–Crippen MR) is 144 cm³/mol. The Kier molecular flexibility index (Phi) is 8.36. The number of aryl methyl sites for hydroxylation is 1. The number of pyridine rings is 1. The zero-order valence-corrected chi connectivity index (χ0v) is 22.7. The molecule has 0 aliphatic carbocycles. The average molecular weight is 604 g/mol. The minimum absolute atomic E-state index is 0.00414. The fourth-order valence-corrected chi connectivity index (χ4v) is 4.42. The minimum atomic E-state index is -4.72. The van der Waals surface area contributed by atoms with Gasteiger partial charge >= 0.3 is 6.18 Å². The quantitative estimate of drug-likeness (QED) is 0.239. The van der Waals surface area contributed by atoms with Crippen molar-refractivity contribution in [3.05, 3.63) is 86.8 Å². The van der Waals surface area contributed by atoms with Gasteiger partial charge in [0.15, 0.2) is 0 Å². The maximum Gasteiger partial charge on any atom is 0.433 e. The van der Waals surface area contributed by atoms with Crippen molar-refractivity contribution >= 4 is 44.3 Å². The summed E-state index contributed by atoms with van der Waals surface area (Å²) in [4.78, 5) is 29.1. The van der Waals surface area contributed by atoms with Gasteiger partial charge in [-0.1, -0.05) is 28.1 Å². The first-order valence-electron chi connectivity index (χ1n) is 12.0. The fourth-order valence-electron chi connectivity index (χ4n) is 4.06. The summed E-state index contributed by atoms with van der Waals surface area (Å²) in [5.74, 6) is -0.955. The van der Waals surface area contributed by atoms with E-state index in [-0.39, 0.29) is 29.0 Å². The molecule has 204 valence electrons. The van der Waals surface area contributed by atoms with Crippen LogP contribution in [0.3, 0.4) is 0 Å². The molecule has 0 aliphatic rings. The lowest BCUT2D eigenvalue weighted by atomic mass is 10.1. The van der Waals surface area contributed by atoms with Crippen molar-refractivity contribution < 1.29 is 27.9 Å². The van der Waals surface area contributed by atoms with E-state index < -0.39 is 17.8 Å². The smallest absolute Gasteiger partial charge is 0.396 e. The van der Waals surface area contributed by atoms with Crippen LogP contribution in [0.25, 0.3) is 10.9 Å². The Morgan fingerprint density at radius 1 is 1.05 bits per heavy atom. The van der Waals surface area contributed by atoms with Crippen LogP contribution >= 0.6 is 15.9 Å². The lowest BCUT2D eigenvalue weighted by molar-refractivity contribution is -0.141. The van der Waals surface area contributed by atoms with Crippen LogP contribution in [-0.4, -0.2) is 44.8 Å². The first-order chi connectivity index (χ1) is 18.5. The van der Waals surface area contributed by atoms with Crippen molar-refractivity contribution in [3.63, 3.8) is 0 Å². The van der Waals surface area contributed by atoms with Crippen molar-refractivity contribution in [2.45, 2.75) is 33.0 Å². The van der Waals surface area contributed by atoms with Gasteiger partial charge in [0.05, 0.1) is 34.7 Å². The molecule has 39 heavy (non-hydrogen) atoms. The van der Waals surface area contributed by atoms with E-state index in [0.29, 0.717) is 46.6 Å². The molecule has 0 bridgehead atoms. The van der Waals surface area contributed by atoms with Gasteiger partial charge in [-0.2, -0.15) is 18.3 Å². The Morgan fingerprint density at radius 3 is 2.44 bits per heavy atom. The Bertz CT molecular complexity index is 1530. The highest BCUT2D eigenvalue weighted by atomic mass is 79.9. The van der Waals surface area contributed by atoms with Gasteiger partial charge in [0.2, 0.25) is 0 Å². The van der Waals surface area contributed by atoms with Crippen molar-refractivity contribution in [3.8, 4) is 0 Å². The Labute approximate surface area is 230 Å². The topological polar surface area (TPSA) is 109 Å². The SMILES string of the molecule is Cc1nn(Cc2ccc(C(=O)NCCCO)cc2)c(C)c1NC(=O)c1cc(C(F)(F)F)nc2ccc(Br)cc12. The number of anilines is 1. The summed E-state index contributed by atoms with van der Waals surface area (Å²) in [5, 5.41) is 19.1. The minimum Gasteiger partial charge on any atom is -0.396 e. The third-order valence-electron chi connectivity index (χ3n) is 6.09. The van der Waals surface area contributed by atoms with E-state index in [4.69, 9.17) is 5.11 Å². The summed E-state index contributed by atoms with van der Waals surface area (Å²) in [6, 6.07) is 12.2. The number of nitrogens with zero attached hydrogens (tertiary/aromatic N) is 3. The Hall–Kier alpha value is -3.77. The molecular formula is C27H25BrF3N5O3. The van der Waals surface area contributed by atoms with Gasteiger partial charge in [-0.3, -0.25) is 14.3 Å². The lowest BCUT2D eigenvalue weighted by Gasteiger charge is -2.13. The van der Waals surface area contributed by atoms with Gasteiger partial charge in [-0.15, -0.1) is 0 Å². The summed E-state index contributed by atoms with van der Waals surface area (Å²) in [7, 11) is 0. The molecule has 0 aliphatic heterocycles. The summed E-state index contributed by atoms with van der Waals surface area (Å²) in [5.41, 5.74) is 1.57. The molecule has 2 aromatic heterocycles. The highest BCUT2D eigenvalue weighted by molar-refractivity contribution is 9.10. The van der Waals surface area contributed by atoms with E-state index in [0.717, 1.165) is 11.6 Å². The van der Waals surface area contributed by atoms with Crippen molar-refractivity contribution in [2.24, 2.45) is 0 Å². The second-order valence-corrected chi connectivity index (χ2v) is 9.82. The number of hydrogen-bond acceptors (Lipinski definition) is 5.